The van der Waals surface area contributed by atoms with E-state index in [1.807, 2.05) is 0 Å². The molecule has 0 bridgehead atoms. The fourth-order valence-electron chi connectivity index (χ4n) is 4.44. The Bertz CT molecular complexity index is 510. The maximum atomic E-state index is 12.1. The Labute approximate surface area is 151 Å². The fraction of sp³-hybridized carbons (Fsp3) is 0.850. The zero-order valence-corrected chi connectivity index (χ0v) is 16.0. The highest BCUT2D eigenvalue weighted by atomic mass is 16.6. The molecule has 0 N–H and O–H groups in total. The number of fused-ring (bicyclic) bond motifs is 1. The van der Waals surface area contributed by atoms with Gasteiger partial charge in [-0.1, -0.05) is 13.5 Å². The number of carbonyl (C=O) groups excluding carboxylic acids is 1. The normalized spacial score (nSPS) is 40.6. The Morgan fingerprint density at radius 3 is 2.76 bits per heavy atom. The van der Waals surface area contributed by atoms with Crippen LogP contribution >= 0.6 is 0 Å². The van der Waals surface area contributed by atoms with Crippen LogP contribution in [-0.2, 0) is 23.7 Å². The average molecular weight is 352 g/mol. The number of esters is 1. The van der Waals surface area contributed by atoms with Crippen LogP contribution in [0.2, 0.25) is 0 Å². The van der Waals surface area contributed by atoms with E-state index < -0.39 is 0 Å². The smallest absolute Gasteiger partial charge is 0.334 e. The Morgan fingerprint density at radius 1 is 1.36 bits per heavy atom. The highest BCUT2D eigenvalue weighted by molar-refractivity contribution is 5.91. The van der Waals surface area contributed by atoms with Gasteiger partial charge in [-0.25, -0.2) is 4.79 Å². The lowest BCUT2D eigenvalue weighted by Crippen LogP contribution is -2.54. The van der Waals surface area contributed by atoms with Crippen LogP contribution in [0.1, 0.15) is 52.9 Å². The van der Waals surface area contributed by atoms with E-state index in [0.717, 1.165) is 38.7 Å². The number of hydrogen-bond acceptors (Lipinski definition) is 5. The molecule has 3 saturated heterocycles. The van der Waals surface area contributed by atoms with Crippen molar-refractivity contribution in [3.8, 4) is 0 Å². The largest absolute Gasteiger partial charge is 0.456 e. The van der Waals surface area contributed by atoms with Crippen LogP contribution in [0.15, 0.2) is 12.2 Å². The predicted octanol–water partition coefficient (Wildman–Crippen LogP) is 3.26. The maximum absolute atomic E-state index is 12.1. The molecule has 5 heteroatoms. The second-order valence-corrected chi connectivity index (χ2v) is 8.19. The molecule has 25 heavy (non-hydrogen) atoms. The molecule has 3 aliphatic heterocycles. The summed E-state index contributed by atoms with van der Waals surface area (Å²) in [5.74, 6) is 0.0513. The third-order valence-electron chi connectivity index (χ3n) is 6.38. The van der Waals surface area contributed by atoms with Crippen LogP contribution < -0.4 is 0 Å². The molecule has 0 aromatic heterocycles. The summed E-state index contributed by atoms with van der Waals surface area (Å²) in [6.07, 6.45) is 4.61. The summed E-state index contributed by atoms with van der Waals surface area (Å²) in [5.41, 5.74) is 0.330. The second-order valence-electron chi connectivity index (χ2n) is 8.19. The van der Waals surface area contributed by atoms with E-state index >= 15 is 0 Å². The van der Waals surface area contributed by atoms with E-state index in [-0.39, 0.29) is 47.8 Å². The van der Waals surface area contributed by atoms with Crippen LogP contribution in [0, 0.1) is 11.8 Å². The van der Waals surface area contributed by atoms with E-state index in [9.17, 15) is 4.79 Å². The third-order valence-corrected chi connectivity index (χ3v) is 6.38. The number of carbonyl (C=O) groups is 1. The lowest BCUT2D eigenvalue weighted by molar-refractivity contribution is -0.209. The summed E-state index contributed by atoms with van der Waals surface area (Å²) < 4.78 is 23.6. The fourth-order valence-corrected chi connectivity index (χ4v) is 4.44. The van der Waals surface area contributed by atoms with Crippen LogP contribution in [0.5, 0.6) is 0 Å². The van der Waals surface area contributed by atoms with Crippen molar-refractivity contribution in [3.05, 3.63) is 12.2 Å². The molecule has 142 valence electrons. The summed E-state index contributed by atoms with van der Waals surface area (Å²) in [7, 11) is 1.74. The van der Waals surface area contributed by atoms with Crippen molar-refractivity contribution in [1.82, 2.24) is 0 Å². The summed E-state index contributed by atoms with van der Waals surface area (Å²) in [5, 5.41) is 0. The topological polar surface area (TPSA) is 54.0 Å². The first-order valence-corrected chi connectivity index (χ1v) is 9.57. The van der Waals surface area contributed by atoms with Gasteiger partial charge in [-0.05, 0) is 51.9 Å². The molecule has 3 rings (SSSR count). The lowest BCUT2D eigenvalue weighted by atomic mass is 9.77. The Balaban J connectivity index is 1.76. The van der Waals surface area contributed by atoms with E-state index in [1.165, 1.54) is 0 Å². The first-order chi connectivity index (χ1) is 11.9. The van der Waals surface area contributed by atoms with Crippen molar-refractivity contribution in [2.24, 2.45) is 11.8 Å². The van der Waals surface area contributed by atoms with E-state index in [1.54, 1.807) is 7.11 Å². The quantitative estimate of drug-likeness (QED) is 0.542. The van der Waals surface area contributed by atoms with Crippen molar-refractivity contribution in [2.45, 2.75) is 82.9 Å². The van der Waals surface area contributed by atoms with Gasteiger partial charge in [-0.3, -0.25) is 0 Å². The molecule has 0 spiro atoms. The zero-order valence-electron chi connectivity index (χ0n) is 16.0. The second kappa shape index (κ2) is 7.37. The van der Waals surface area contributed by atoms with Crippen LogP contribution in [-0.4, -0.2) is 49.7 Å². The summed E-state index contributed by atoms with van der Waals surface area (Å²) >= 11 is 0. The molecule has 3 fully saturated rings. The first-order valence-electron chi connectivity index (χ1n) is 9.57. The van der Waals surface area contributed by atoms with Crippen molar-refractivity contribution in [3.63, 3.8) is 0 Å². The molecule has 0 radical (unpaired) electrons. The number of rotatable bonds is 6. The van der Waals surface area contributed by atoms with E-state index in [0.29, 0.717) is 5.57 Å². The van der Waals surface area contributed by atoms with Gasteiger partial charge in [0.1, 0.15) is 6.10 Å². The van der Waals surface area contributed by atoms with Crippen LogP contribution in [0.25, 0.3) is 0 Å². The Kier molecular flexibility index (Phi) is 5.57. The van der Waals surface area contributed by atoms with Crippen LogP contribution in [0.4, 0.5) is 0 Å². The first kappa shape index (κ1) is 18.9. The number of hydrogen-bond donors (Lipinski definition) is 0. The minimum atomic E-state index is -0.269. The highest BCUT2D eigenvalue weighted by Crippen LogP contribution is 2.46. The van der Waals surface area contributed by atoms with Gasteiger partial charge in [0.15, 0.2) is 0 Å². The molecule has 0 saturated carbocycles. The van der Waals surface area contributed by atoms with Crippen molar-refractivity contribution in [2.75, 3.05) is 13.7 Å². The molecular weight excluding hydrogens is 320 g/mol. The maximum Gasteiger partial charge on any atom is 0.334 e. The molecule has 7 atom stereocenters. The predicted molar refractivity (Wildman–Crippen MR) is 94.2 cm³/mol. The summed E-state index contributed by atoms with van der Waals surface area (Å²) in [6.45, 7) is 11.2. The SMILES string of the molecule is C=C1C(=O)O[C@H]2C(C(C)CCC(C)OC)OC([C@@]3(C)CCCO3)C[C@@H]12. The summed E-state index contributed by atoms with van der Waals surface area (Å²) in [4.78, 5) is 12.1. The van der Waals surface area contributed by atoms with Gasteiger partial charge in [0.25, 0.3) is 0 Å². The molecule has 3 aliphatic rings. The monoisotopic (exact) mass is 352 g/mol. The van der Waals surface area contributed by atoms with Crippen molar-refractivity contribution >= 4 is 5.97 Å². The van der Waals surface area contributed by atoms with Gasteiger partial charge in [-0.2, -0.15) is 0 Å². The molecule has 0 aromatic carbocycles. The lowest BCUT2D eigenvalue weighted by Gasteiger charge is -2.45. The molecule has 5 nitrogen and oxygen atoms in total. The van der Waals surface area contributed by atoms with E-state index in [2.05, 4.69) is 27.4 Å². The van der Waals surface area contributed by atoms with Gasteiger partial charge in [0, 0.05) is 25.2 Å². The minimum Gasteiger partial charge on any atom is -0.456 e. The molecule has 0 aromatic rings. The number of ether oxygens (including phenoxy) is 4. The molecular formula is C20H32O5. The van der Waals surface area contributed by atoms with Crippen molar-refractivity contribution in [1.29, 1.82) is 0 Å². The van der Waals surface area contributed by atoms with Gasteiger partial charge >= 0.3 is 5.97 Å². The molecule has 0 aliphatic carbocycles. The van der Waals surface area contributed by atoms with E-state index in [4.69, 9.17) is 18.9 Å². The van der Waals surface area contributed by atoms with Gasteiger partial charge in [-0.15, -0.1) is 0 Å². The Hall–Kier alpha value is -0.910. The third kappa shape index (κ3) is 3.64. The standard InChI is InChI=1S/C20H32O5/c1-12(7-8-13(2)22-5)17-18-15(14(3)19(21)25-18)11-16(24-17)20(4)9-6-10-23-20/h12-13,15-18H,3,6-11H2,1-2,4-5H3/t12?,13?,15-,16?,17?,18+,20+/m0/s1. The van der Waals surface area contributed by atoms with Gasteiger partial charge in [0.2, 0.25) is 0 Å². The minimum absolute atomic E-state index is 0.0187. The van der Waals surface area contributed by atoms with Crippen molar-refractivity contribution < 1.29 is 23.7 Å². The summed E-state index contributed by atoms with van der Waals surface area (Å²) in [6, 6.07) is 0. The molecule has 3 heterocycles. The zero-order chi connectivity index (χ0) is 18.2. The molecule has 4 unspecified atom stereocenters. The van der Waals surface area contributed by atoms with Gasteiger partial charge < -0.3 is 18.9 Å². The molecule has 0 amide bonds. The average Bonchev–Trinajstić information content (AvgIpc) is 3.17. The Morgan fingerprint density at radius 2 is 2.12 bits per heavy atom. The highest BCUT2D eigenvalue weighted by Gasteiger charge is 2.54. The van der Waals surface area contributed by atoms with Gasteiger partial charge in [0.05, 0.1) is 23.9 Å². The van der Waals surface area contributed by atoms with Crippen LogP contribution in [0.3, 0.4) is 0 Å². The number of methoxy groups -OCH3 is 1.